The molecule has 9 nitrogen and oxygen atoms in total. The fourth-order valence-corrected chi connectivity index (χ4v) is 4.61. The highest BCUT2D eigenvalue weighted by molar-refractivity contribution is 7.17. The van der Waals surface area contributed by atoms with Crippen molar-refractivity contribution in [1.29, 1.82) is 0 Å². The van der Waals surface area contributed by atoms with E-state index >= 15 is 0 Å². The van der Waals surface area contributed by atoms with Crippen LogP contribution in [0, 0.1) is 0 Å². The Bertz CT molecular complexity index is 1130. The molecule has 1 aromatic carbocycles. The number of nitrogens with one attached hydrogen (secondary N) is 2. The van der Waals surface area contributed by atoms with E-state index in [0.29, 0.717) is 22.1 Å². The van der Waals surface area contributed by atoms with Crippen LogP contribution in [0.4, 0.5) is 5.00 Å². The van der Waals surface area contributed by atoms with Gasteiger partial charge in [0.15, 0.2) is 0 Å². The monoisotopic (exact) mass is 524 g/mol. The first kappa shape index (κ1) is 27.0. The van der Waals surface area contributed by atoms with E-state index in [1.165, 1.54) is 22.7 Å². The first-order valence-corrected chi connectivity index (χ1v) is 11.9. The molecule has 3 aromatic rings. The molecule has 0 saturated heterocycles. The molecule has 2 aromatic heterocycles. The van der Waals surface area contributed by atoms with E-state index in [1.807, 2.05) is 41.1 Å². The molecule has 1 amide bonds. The van der Waals surface area contributed by atoms with Gasteiger partial charge in [0.05, 0.1) is 13.2 Å². The van der Waals surface area contributed by atoms with Crippen LogP contribution < -0.4 is 10.6 Å². The lowest BCUT2D eigenvalue weighted by molar-refractivity contribution is -0.159. The summed E-state index contributed by atoms with van der Waals surface area (Å²) in [6.45, 7) is 2.66. The molecule has 0 fully saturated rings. The zero-order valence-corrected chi connectivity index (χ0v) is 20.3. The second-order valence-electron chi connectivity index (χ2n) is 6.44. The first-order valence-electron chi connectivity index (χ1n) is 9.76. The largest absolute Gasteiger partial charge is 0.473 e. The minimum absolute atomic E-state index is 0.112. The topological polar surface area (TPSA) is 142 Å². The van der Waals surface area contributed by atoms with Crippen molar-refractivity contribution in [3.8, 4) is 10.4 Å². The highest BCUT2D eigenvalue weighted by Crippen LogP contribution is 2.38. The molecule has 0 saturated carbocycles. The number of anilines is 1. The number of thiophene rings is 2. The number of ether oxygens (including phenoxy) is 1. The summed E-state index contributed by atoms with van der Waals surface area (Å²) < 4.78 is 5.19. The van der Waals surface area contributed by atoms with Crippen LogP contribution in [0.5, 0.6) is 0 Å². The van der Waals surface area contributed by atoms with Crippen LogP contribution in [-0.2, 0) is 25.7 Å². The molecule has 0 atom stereocenters. The summed E-state index contributed by atoms with van der Waals surface area (Å²) >= 11 is 8.81. The number of esters is 1. The average Bonchev–Trinajstić information content (AvgIpc) is 3.44. The Hall–Kier alpha value is -3.25. The summed E-state index contributed by atoms with van der Waals surface area (Å²) in [7, 11) is 0. The number of amides is 1. The second-order valence-corrected chi connectivity index (χ2v) is 8.71. The first-order chi connectivity index (χ1) is 16.2. The van der Waals surface area contributed by atoms with Crippen LogP contribution in [0.15, 0.2) is 47.2 Å². The molecule has 34 heavy (non-hydrogen) atoms. The summed E-state index contributed by atoms with van der Waals surface area (Å²) in [5.41, 5.74) is 2.17. The number of carboxylic acids is 2. The maximum absolute atomic E-state index is 12.5. The van der Waals surface area contributed by atoms with E-state index < -0.39 is 17.9 Å². The number of carbonyl (C=O) groups excluding carboxylic acids is 2. The van der Waals surface area contributed by atoms with Crippen molar-refractivity contribution in [2.45, 2.75) is 13.5 Å². The molecule has 0 aliphatic heterocycles. The molecule has 3 rings (SSSR count). The summed E-state index contributed by atoms with van der Waals surface area (Å²) in [6.07, 6.45) is 0. The van der Waals surface area contributed by atoms with Gasteiger partial charge < -0.3 is 25.6 Å². The number of aliphatic carboxylic acids is 2. The van der Waals surface area contributed by atoms with Crippen molar-refractivity contribution >= 4 is 63.1 Å². The smallest absolute Gasteiger partial charge is 0.414 e. The van der Waals surface area contributed by atoms with Gasteiger partial charge >= 0.3 is 17.9 Å². The highest BCUT2D eigenvalue weighted by atomic mass is 35.5. The summed E-state index contributed by atoms with van der Waals surface area (Å²) in [4.78, 5) is 44.0. The average molecular weight is 525 g/mol. The SMILES string of the molecule is CCOC(=O)c1c(-c2cccs2)csc1NC(=O)CNCc1cccc(Cl)c1.O=C(O)C(=O)O. The molecule has 0 bridgehead atoms. The number of halogens is 1. The molecular weight excluding hydrogens is 504 g/mol. The maximum Gasteiger partial charge on any atom is 0.414 e. The normalized spacial score (nSPS) is 10.1. The van der Waals surface area contributed by atoms with Gasteiger partial charge in [0.25, 0.3) is 0 Å². The molecule has 0 aliphatic rings. The third-order valence-corrected chi connectivity index (χ3v) is 6.03. The molecule has 0 spiro atoms. The number of carboxylic acid groups (broad SMARTS) is 2. The van der Waals surface area contributed by atoms with Gasteiger partial charge in [-0.3, -0.25) is 4.79 Å². The van der Waals surface area contributed by atoms with Crippen molar-refractivity contribution in [3.63, 3.8) is 0 Å². The van der Waals surface area contributed by atoms with Crippen LogP contribution in [-0.4, -0.2) is 47.2 Å². The quantitative estimate of drug-likeness (QED) is 0.254. The minimum atomic E-state index is -1.82. The molecule has 180 valence electrons. The molecule has 12 heteroatoms. The van der Waals surface area contributed by atoms with Crippen LogP contribution in [0.3, 0.4) is 0 Å². The Morgan fingerprint density at radius 3 is 2.38 bits per heavy atom. The maximum atomic E-state index is 12.5. The van der Waals surface area contributed by atoms with Crippen LogP contribution in [0.25, 0.3) is 10.4 Å². The third-order valence-electron chi connectivity index (χ3n) is 4.00. The van der Waals surface area contributed by atoms with Crippen molar-refractivity contribution in [2.75, 3.05) is 18.5 Å². The van der Waals surface area contributed by atoms with E-state index in [-0.39, 0.29) is 19.1 Å². The van der Waals surface area contributed by atoms with Gasteiger partial charge in [-0.2, -0.15) is 0 Å². The number of carbonyl (C=O) groups is 4. The lowest BCUT2D eigenvalue weighted by atomic mass is 10.1. The molecule has 0 radical (unpaired) electrons. The number of hydrogen-bond acceptors (Lipinski definition) is 8. The summed E-state index contributed by atoms with van der Waals surface area (Å²) in [5, 5.41) is 25.6. The Balaban J connectivity index is 0.000000604. The van der Waals surface area contributed by atoms with Gasteiger partial charge in [-0.25, -0.2) is 14.4 Å². The predicted molar refractivity (Wildman–Crippen MR) is 131 cm³/mol. The van der Waals surface area contributed by atoms with Gasteiger partial charge in [0, 0.05) is 27.4 Å². The molecule has 2 heterocycles. The zero-order chi connectivity index (χ0) is 25.1. The number of hydrogen-bond donors (Lipinski definition) is 4. The highest BCUT2D eigenvalue weighted by Gasteiger charge is 2.23. The van der Waals surface area contributed by atoms with E-state index in [1.54, 1.807) is 13.0 Å². The lowest BCUT2D eigenvalue weighted by Gasteiger charge is -2.09. The molecule has 4 N–H and O–H groups in total. The Labute approximate surface area is 208 Å². The van der Waals surface area contributed by atoms with E-state index in [2.05, 4.69) is 10.6 Å². The number of benzene rings is 1. The van der Waals surface area contributed by atoms with E-state index in [9.17, 15) is 9.59 Å². The van der Waals surface area contributed by atoms with Gasteiger partial charge in [-0.15, -0.1) is 22.7 Å². The molecular formula is C22H21ClN2O7S2. The fraction of sp³-hybridized carbons (Fsp3) is 0.182. The van der Waals surface area contributed by atoms with Crippen molar-refractivity contribution in [3.05, 3.63) is 63.3 Å². The lowest BCUT2D eigenvalue weighted by Crippen LogP contribution is -2.28. The van der Waals surface area contributed by atoms with E-state index in [4.69, 9.17) is 36.1 Å². The standard InChI is InChI=1S/C20H19ClN2O3S2.C2H2O4/c1-2-26-20(25)18-15(16-7-4-8-27-16)12-28-19(18)23-17(24)11-22-10-13-5-3-6-14(21)9-13;3-1(4)2(5)6/h3-9,12,22H,2,10-11H2,1H3,(H,23,24);(H,3,4)(H,5,6). The van der Waals surface area contributed by atoms with Crippen LogP contribution in [0.1, 0.15) is 22.8 Å². The third kappa shape index (κ3) is 8.27. The van der Waals surface area contributed by atoms with Gasteiger partial charge in [0.2, 0.25) is 5.91 Å². The molecule has 0 aliphatic carbocycles. The fourth-order valence-electron chi connectivity index (χ4n) is 2.61. The van der Waals surface area contributed by atoms with Gasteiger partial charge in [-0.05, 0) is 36.1 Å². The summed E-state index contributed by atoms with van der Waals surface area (Å²) in [6, 6.07) is 11.3. The summed E-state index contributed by atoms with van der Waals surface area (Å²) in [5.74, 6) is -4.31. The van der Waals surface area contributed by atoms with Crippen LogP contribution >= 0.6 is 34.3 Å². The minimum Gasteiger partial charge on any atom is -0.473 e. The van der Waals surface area contributed by atoms with Crippen molar-refractivity contribution in [1.82, 2.24) is 5.32 Å². The second kappa shape index (κ2) is 13.5. The van der Waals surface area contributed by atoms with Gasteiger partial charge in [0.1, 0.15) is 10.6 Å². The Kier molecular flexibility index (Phi) is 10.7. The predicted octanol–water partition coefficient (Wildman–Crippen LogP) is 4.19. The van der Waals surface area contributed by atoms with Crippen LogP contribution in [0.2, 0.25) is 5.02 Å². The molecule has 0 unspecified atom stereocenters. The van der Waals surface area contributed by atoms with Crippen molar-refractivity contribution < 1.29 is 34.1 Å². The number of rotatable bonds is 8. The van der Waals surface area contributed by atoms with Crippen molar-refractivity contribution in [2.24, 2.45) is 0 Å². The van der Waals surface area contributed by atoms with E-state index in [0.717, 1.165) is 16.0 Å². The Morgan fingerprint density at radius 1 is 1.06 bits per heavy atom. The Morgan fingerprint density at radius 2 is 1.79 bits per heavy atom. The van der Waals surface area contributed by atoms with Gasteiger partial charge in [-0.1, -0.05) is 29.8 Å². The zero-order valence-electron chi connectivity index (χ0n) is 17.9.